The van der Waals surface area contributed by atoms with Gasteiger partial charge in [0.2, 0.25) is 0 Å². The Kier molecular flexibility index (Phi) is 3.48. The Morgan fingerprint density at radius 3 is 2.73 bits per heavy atom. The van der Waals surface area contributed by atoms with Gasteiger partial charge in [-0.15, -0.1) is 0 Å². The number of fused-ring (bicyclic) bond motifs is 2. The number of rotatable bonds is 2. The van der Waals surface area contributed by atoms with Gasteiger partial charge in [-0.1, -0.05) is 6.07 Å². The SMILES string of the molecule is O=C(c1ccco1)N1CCn2cccc2[C@H]1c1ccc2c(c1)OCCO2. The fourth-order valence-electron chi connectivity index (χ4n) is 3.72. The summed E-state index contributed by atoms with van der Waals surface area (Å²) in [7, 11) is 0. The highest BCUT2D eigenvalue weighted by molar-refractivity contribution is 5.92. The summed E-state index contributed by atoms with van der Waals surface area (Å²) in [6, 6.07) is 13.2. The number of furan rings is 1. The summed E-state index contributed by atoms with van der Waals surface area (Å²) in [5, 5.41) is 0. The van der Waals surface area contributed by atoms with Crippen molar-refractivity contribution in [1.82, 2.24) is 9.47 Å². The fourth-order valence-corrected chi connectivity index (χ4v) is 3.72. The van der Waals surface area contributed by atoms with Gasteiger partial charge in [-0.2, -0.15) is 0 Å². The van der Waals surface area contributed by atoms with Gasteiger partial charge in [0.15, 0.2) is 17.3 Å². The number of carbonyl (C=O) groups excluding carboxylic acids is 1. The smallest absolute Gasteiger partial charge is 0.290 e. The minimum absolute atomic E-state index is 0.109. The van der Waals surface area contributed by atoms with E-state index in [1.165, 1.54) is 6.26 Å². The molecule has 0 bridgehead atoms. The molecule has 1 atom stereocenters. The predicted octanol–water partition coefficient (Wildman–Crippen LogP) is 3.10. The molecule has 0 unspecified atom stereocenters. The van der Waals surface area contributed by atoms with Crippen molar-refractivity contribution >= 4 is 5.91 Å². The summed E-state index contributed by atoms with van der Waals surface area (Å²) in [5.74, 6) is 1.72. The van der Waals surface area contributed by atoms with E-state index in [2.05, 4.69) is 16.8 Å². The van der Waals surface area contributed by atoms with Crippen molar-refractivity contribution in [2.75, 3.05) is 19.8 Å². The zero-order valence-corrected chi connectivity index (χ0v) is 14.1. The summed E-state index contributed by atoms with van der Waals surface area (Å²) in [6.07, 6.45) is 3.58. The van der Waals surface area contributed by atoms with Crippen LogP contribution in [0.3, 0.4) is 0 Å². The van der Waals surface area contributed by atoms with Crippen molar-refractivity contribution in [2.24, 2.45) is 0 Å². The molecule has 0 aliphatic carbocycles. The van der Waals surface area contributed by atoms with Gasteiger partial charge in [0.05, 0.1) is 12.3 Å². The van der Waals surface area contributed by atoms with Crippen molar-refractivity contribution in [2.45, 2.75) is 12.6 Å². The van der Waals surface area contributed by atoms with Gasteiger partial charge in [-0.25, -0.2) is 0 Å². The quantitative estimate of drug-likeness (QED) is 0.713. The number of aromatic nitrogens is 1. The molecule has 2 aromatic heterocycles. The fraction of sp³-hybridized carbons (Fsp3) is 0.250. The number of amides is 1. The van der Waals surface area contributed by atoms with Crippen LogP contribution < -0.4 is 9.47 Å². The highest BCUT2D eigenvalue weighted by Crippen LogP contribution is 2.38. The highest BCUT2D eigenvalue weighted by atomic mass is 16.6. The molecule has 0 N–H and O–H groups in total. The van der Waals surface area contributed by atoms with Crippen LogP contribution in [-0.4, -0.2) is 35.1 Å². The van der Waals surface area contributed by atoms with Gasteiger partial charge in [0, 0.05) is 25.0 Å². The summed E-state index contributed by atoms with van der Waals surface area (Å²) < 4.78 is 18.9. The van der Waals surface area contributed by atoms with Gasteiger partial charge in [-0.3, -0.25) is 4.79 Å². The molecule has 3 aromatic rings. The van der Waals surface area contributed by atoms with Crippen LogP contribution in [0.2, 0.25) is 0 Å². The first kappa shape index (κ1) is 15.1. The molecule has 132 valence electrons. The predicted molar refractivity (Wildman–Crippen MR) is 93.5 cm³/mol. The molecule has 0 spiro atoms. The lowest BCUT2D eigenvalue weighted by molar-refractivity contribution is 0.0630. The van der Waals surface area contributed by atoms with Gasteiger partial charge >= 0.3 is 0 Å². The molecule has 1 amide bonds. The molecule has 1 aromatic carbocycles. The Morgan fingerprint density at radius 1 is 1.00 bits per heavy atom. The summed E-state index contributed by atoms with van der Waals surface area (Å²) in [5.41, 5.74) is 2.07. The van der Waals surface area contributed by atoms with Crippen LogP contribution in [0.25, 0.3) is 0 Å². The maximum absolute atomic E-state index is 13.0. The zero-order chi connectivity index (χ0) is 17.5. The molecule has 0 saturated carbocycles. The van der Waals surface area contributed by atoms with Crippen LogP contribution in [0.1, 0.15) is 27.9 Å². The molecular weight excluding hydrogens is 332 g/mol. The van der Waals surface area contributed by atoms with Crippen LogP contribution in [0.15, 0.2) is 59.3 Å². The second-order valence-corrected chi connectivity index (χ2v) is 6.41. The average Bonchev–Trinajstić information content (AvgIpc) is 3.38. The van der Waals surface area contributed by atoms with Crippen molar-refractivity contribution in [3.63, 3.8) is 0 Å². The largest absolute Gasteiger partial charge is 0.486 e. The zero-order valence-electron chi connectivity index (χ0n) is 14.1. The minimum Gasteiger partial charge on any atom is -0.486 e. The lowest BCUT2D eigenvalue weighted by atomic mass is 9.99. The summed E-state index contributed by atoms with van der Waals surface area (Å²) >= 11 is 0. The summed E-state index contributed by atoms with van der Waals surface area (Å²) in [6.45, 7) is 2.46. The number of benzene rings is 1. The number of ether oxygens (including phenoxy) is 2. The lowest BCUT2D eigenvalue weighted by Gasteiger charge is -2.37. The number of hydrogen-bond acceptors (Lipinski definition) is 4. The Balaban J connectivity index is 1.59. The van der Waals surface area contributed by atoms with Crippen LogP contribution in [0, 0.1) is 0 Å². The van der Waals surface area contributed by atoms with Crippen LogP contribution >= 0.6 is 0 Å². The summed E-state index contributed by atoms with van der Waals surface area (Å²) in [4.78, 5) is 14.9. The van der Waals surface area contributed by atoms with Crippen molar-refractivity contribution in [3.8, 4) is 11.5 Å². The average molecular weight is 350 g/mol. The number of nitrogens with zero attached hydrogens (tertiary/aromatic N) is 2. The van der Waals surface area contributed by atoms with E-state index in [9.17, 15) is 4.79 Å². The molecule has 5 rings (SSSR count). The Morgan fingerprint density at radius 2 is 1.88 bits per heavy atom. The molecular formula is C20H18N2O4. The van der Waals surface area contributed by atoms with E-state index in [0.717, 1.165) is 29.3 Å². The van der Waals surface area contributed by atoms with Gasteiger partial charge in [-0.05, 0) is 42.0 Å². The van der Waals surface area contributed by atoms with E-state index in [1.807, 2.05) is 29.2 Å². The van der Waals surface area contributed by atoms with Crippen molar-refractivity contribution < 1.29 is 18.7 Å². The van der Waals surface area contributed by atoms with E-state index in [-0.39, 0.29) is 11.9 Å². The molecule has 6 heteroatoms. The van der Waals surface area contributed by atoms with E-state index in [1.54, 1.807) is 12.1 Å². The van der Waals surface area contributed by atoms with E-state index in [4.69, 9.17) is 13.9 Å². The van der Waals surface area contributed by atoms with Crippen molar-refractivity contribution in [1.29, 1.82) is 0 Å². The first-order valence-electron chi connectivity index (χ1n) is 8.70. The minimum atomic E-state index is -0.202. The highest BCUT2D eigenvalue weighted by Gasteiger charge is 2.34. The third-order valence-corrected chi connectivity index (χ3v) is 4.91. The normalized spacial score (nSPS) is 18.5. The molecule has 0 radical (unpaired) electrons. The van der Waals surface area contributed by atoms with Crippen LogP contribution in [-0.2, 0) is 6.54 Å². The standard InChI is InChI=1S/C20H18N2O4/c23-20(17-4-2-10-24-17)22-9-8-21-7-1-3-15(21)19(22)14-5-6-16-18(13-14)26-12-11-25-16/h1-7,10,13,19H,8-9,11-12H2/t19-/m1/s1. The second-order valence-electron chi connectivity index (χ2n) is 6.41. The third-order valence-electron chi connectivity index (χ3n) is 4.91. The molecule has 2 aliphatic rings. The van der Waals surface area contributed by atoms with Gasteiger partial charge in [0.1, 0.15) is 13.2 Å². The maximum Gasteiger partial charge on any atom is 0.290 e. The lowest BCUT2D eigenvalue weighted by Crippen LogP contribution is -2.42. The molecule has 6 nitrogen and oxygen atoms in total. The van der Waals surface area contributed by atoms with E-state index < -0.39 is 0 Å². The van der Waals surface area contributed by atoms with Crippen LogP contribution in [0.5, 0.6) is 11.5 Å². The van der Waals surface area contributed by atoms with Gasteiger partial charge < -0.3 is 23.4 Å². The Bertz CT molecular complexity index is 945. The monoisotopic (exact) mass is 350 g/mol. The molecule has 0 saturated heterocycles. The molecule has 26 heavy (non-hydrogen) atoms. The Labute approximate surface area is 150 Å². The Hall–Kier alpha value is -3.15. The van der Waals surface area contributed by atoms with Gasteiger partial charge in [0.25, 0.3) is 5.91 Å². The molecule has 2 aliphatic heterocycles. The van der Waals surface area contributed by atoms with Crippen molar-refractivity contribution in [3.05, 3.63) is 71.9 Å². The second kappa shape index (κ2) is 5.98. The first-order valence-corrected chi connectivity index (χ1v) is 8.70. The maximum atomic E-state index is 13.0. The van der Waals surface area contributed by atoms with E-state index >= 15 is 0 Å². The molecule has 0 fully saturated rings. The molecule has 4 heterocycles. The number of hydrogen-bond donors (Lipinski definition) is 0. The van der Waals surface area contributed by atoms with E-state index in [0.29, 0.717) is 25.5 Å². The van der Waals surface area contributed by atoms with Crippen LogP contribution in [0.4, 0.5) is 0 Å². The first-order chi connectivity index (χ1) is 12.8. The third kappa shape index (κ3) is 2.37. The topological polar surface area (TPSA) is 56.8 Å². The number of carbonyl (C=O) groups is 1.